The molecule has 2 aromatic rings. The van der Waals surface area contributed by atoms with Crippen LogP contribution in [0.4, 0.5) is 20.6 Å². The molecule has 0 unspecified atom stereocenters. The number of nitrogens with zero attached hydrogens (tertiary/aromatic N) is 1. The van der Waals surface area contributed by atoms with E-state index in [1.165, 1.54) is 0 Å². The van der Waals surface area contributed by atoms with Crippen molar-refractivity contribution in [3.8, 4) is 0 Å². The van der Waals surface area contributed by atoms with Gasteiger partial charge in [0.2, 0.25) is 0 Å². The molecule has 0 radical (unpaired) electrons. The number of halogens is 2. The van der Waals surface area contributed by atoms with Crippen LogP contribution in [0.1, 0.15) is 25.7 Å². The summed E-state index contributed by atoms with van der Waals surface area (Å²) in [6, 6.07) is 9.35. The number of carbonyl (C=O) groups is 1. The van der Waals surface area contributed by atoms with E-state index in [2.05, 4.69) is 10.0 Å². The van der Waals surface area contributed by atoms with Crippen molar-refractivity contribution < 1.29 is 17.6 Å². The molecule has 0 spiro atoms. The predicted molar refractivity (Wildman–Crippen MR) is 108 cm³/mol. The van der Waals surface area contributed by atoms with Crippen LogP contribution < -0.4 is 10.0 Å². The first kappa shape index (κ1) is 20.4. The molecule has 3 rings (SSSR count). The largest absolute Gasteiger partial charge is 0.325 e. The number of hydrogen-bond acceptors (Lipinski definition) is 3. The fourth-order valence-electron chi connectivity index (χ4n) is 2.96. The molecule has 0 aliphatic carbocycles. The van der Waals surface area contributed by atoms with Gasteiger partial charge < -0.3 is 10.2 Å². The van der Waals surface area contributed by atoms with Crippen LogP contribution in [0, 0.1) is 5.82 Å². The molecule has 2 amide bonds. The number of likely N-dealkylation sites (tertiary alicyclic amines) is 1. The second-order valence-corrected chi connectivity index (χ2v) is 8.68. The van der Waals surface area contributed by atoms with Gasteiger partial charge in [-0.2, -0.15) is 0 Å². The summed E-state index contributed by atoms with van der Waals surface area (Å²) in [4.78, 5) is 14.0. The number of carbonyl (C=O) groups excluding carboxylic acids is 1. The van der Waals surface area contributed by atoms with Gasteiger partial charge in [0.15, 0.2) is 0 Å². The standard InChI is InChI=1S/C19H21ClFN3O3S/c20-17-13-16(9-10-18(17)21)28(26,27)23-15-7-5-14(6-8-15)22-19(25)24-11-3-1-2-4-12-24/h5-10,13,23H,1-4,11-12H2,(H,22,25). The van der Waals surface area contributed by atoms with Crippen LogP contribution in [-0.4, -0.2) is 32.4 Å². The van der Waals surface area contributed by atoms with Crippen molar-refractivity contribution in [3.05, 3.63) is 53.3 Å². The molecule has 0 atom stereocenters. The van der Waals surface area contributed by atoms with Crippen LogP contribution in [0.2, 0.25) is 5.02 Å². The van der Waals surface area contributed by atoms with Gasteiger partial charge in [-0.3, -0.25) is 4.72 Å². The molecule has 2 N–H and O–H groups in total. The van der Waals surface area contributed by atoms with E-state index < -0.39 is 15.8 Å². The van der Waals surface area contributed by atoms with Gasteiger partial charge in [0, 0.05) is 24.5 Å². The average molecular weight is 426 g/mol. The van der Waals surface area contributed by atoms with Crippen molar-refractivity contribution >= 4 is 39.0 Å². The Balaban J connectivity index is 1.65. The van der Waals surface area contributed by atoms with Crippen LogP contribution in [0.5, 0.6) is 0 Å². The van der Waals surface area contributed by atoms with E-state index in [0.29, 0.717) is 11.4 Å². The molecule has 2 aromatic carbocycles. The number of amides is 2. The summed E-state index contributed by atoms with van der Waals surface area (Å²) in [6.45, 7) is 1.48. The Morgan fingerprint density at radius 2 is 1.57 bits per heavy atom. The number of hydrogen-bond donors (Lipinski definition) is 2. The molecule has 6 nitrogen and oxygen atoms in total. The Morgan fingerprint density at radius 1 is 0.964 bits per heavy atom. The highest BCUT2D eigenvalue weighted by Gasteiger charge is 2.17. The summed E-state index contributed by atoms with van der Waals surface area (Å²) in [5.74, 6) is -0.690. The number of benzene rings is 2. The lowest BCUT2D eigenvalue weighted by atomic mass is 10.2. The zero-order valence-electron chi connectivity index (χ0n) is 15.1. The summed E-state index contributed by atoms with van der Waals surface area (Å²) < 4.78 is 40.4. The molecule has 1 fully saturated rings. The highest BCUT2D eigenvalue weighted by molar-refractivity contribution is 7.92. The summed E-state index contributed by atoms with van der Waals surface area (Å²) >= 11 is 5.65. The van der Waals surface area contributed by atoms with Crippen molar-refractivity contribution in [1.29, 1.82) is 0 Å². The lowest BCUT2D eigenvalue weighted by molar-refractivity contribution is 0.214. The van der Waals surface area contributed by atoms with Crippen molar-refractivity contribution in [1.82, 2.24) is 4.90 Å². The smallest absolute Gasteiger partial charge is 0.321 e. The Morgan fingerprint density at radius 3 is 2.18 bits per heavy atom. The van der Waals surface area contributed by atoms with Gasteiger partial charge in [-0.25, -0.2) is 17.6 Å². The van der Waals surface area contributed by atoms with Crippen molar-refractivity contribution in [2.45, 2.75) is 30.6 Å². The van der Waals surface area contributed by atoms with Crippen molar-refractivity contribution in [3.63, 3.8) is 0 Å². The van der Waals surface area contributed by atoms with Gasteiger partial charge in [-0.05, 0) is 55.3 Å². The quantitative estimate of drug-likeness (QED) is 0.745. The SMILES string of the molecule is O=C(Nc1ccc(NS(=O)(=O)c2ccc(F)c(Cl)c2)cc1)N1CCCCCC1. The van der Waals surface area contributed by atoms with E-state index >= 15 is 0 Å². The molecule has 150 valence electrons. The van der Waals surface area contributed by atoms with Gasteiger partial charge in [-0.15, -0.1) is 0 Å². The summed E-state index contributed by atoms with van der Waals surface area (Å²) in [5.41, 5.74) is 0.884. The second kappa shape index (κ2) is 8.79. The minimum Gasteiger partial charge on any atom is -0.325 e. The highest BCUT2D eigenvalue weighted by Crippen LogP contribution is 2.23. The minimum atomic E-state index is -3.91. The molecule has 28 heavy (non-hydrogen) atoms. The predicted octanol–water partition coefficient (Wildman–Crippen LogP) is 4.69. The van der Waals surface area contributed by atoms with Crippen LogP contribution in [0.3, 0.4) is 0 Å². The Bertz CT molecular complexity index is 943. The first-order chi connectivity index (χ1) is 13.3. The molecule has 0 bridgehead atoms. The zero-order valence-corrected chi connectivity index (χ0v) is 16.7. The van der Waals surface area contributed by atoms with Gasteiger partial charge >= 0.3 is 6.03 Å². The summed E-state index contributed by atoms with van der Waals surface area (Å²) in [5, 5.41) is 2.56. The Kier molecular flexibility index (Phi) is 6.41. The van der Waals surface area contributed by atoms with Gasteiger partial charge in [0.05, 0.1) is 9.92 Å². The number of sulfonamides is 1. The maximum absolute atomic E-state index is 13.2. The van der Waals surface area contributed by atoms with E-state index in [-0.39, 0.29) is 15.9 Å². The first-order valence-electron chi connectivity index (χ1n) is 8.99. The maximum atomic E-state index is 13.2. The number of nitrogens with one attached hydrogen (secondary N) is 2. The topological polar surface area (TPSA) is 78.5 Å². The van der Waals surface area contributed by atoms with Gasteiger partial charge in [-0.1, -0.05) is 24.4 Å². The third-order valence-electron chi connectivity index (χ3n) is 4.48. The lowest BCUT2D eigenvalue weighted by Gasteiger charge is -2.20. The summed E-state index contributed by atoms with van der Waals surface area (Å²) in [7, 11) is -3.91. The highest BCUT2D eigenvalue weighted by atomic mass is 35.5. The fraction of sp³-hybridized carbons (Fsp3) is 0.316. The molecule has 1 saturated heterocycles. The molecular weight excluding hydrogens is 405 g/mol. The molecule has 1 aliphatic rings. The zero-order chi connectivity index (χ0) is 20.1. The lowest BCUT2D eigenvalue weighted by Crippen LogP contribution is -2.35. The van der Waals surface area contributed by atoms with Crippen LogP contribution in [-0.2, 0) is 10.0 Å². The van der Waals surface area contributed by atoms with E-state index in [1.54, 1.807) is 29.2 Å². The van der Waals surface area contributed by atoms with E-state index in [4.69, 9.17) is 11.6 Å². The molecule has 9 heteroatoms. The third-order valence-corrected chi connectivity index (χ3v) is 6.15. The van der Waals surface area contributed by atoms with E-state index in [1.807, 2.05) is 0 Å². The van der Waals surface area contributed by atoms with Crippen LogP contribution in [0.15, 0.2) is 47.4 Å². The van der Waals surface area contributed by atoms with Gasteiger partial charge in [0.1, 0.15) is 5.82 Å². The molecule has 1 heterocycles. The normalized spacial score (nSPS) is 15.0. The third kappa shape index (κ3) is 5.14. The molecule has 1 aliphatic heterocycles. The minimum absolute atomic E-state index is 0.141. The maximum Gasteiger partial charge on any atom is 0.321 e. The monoisotopic (exact) mass is 425 g/mol. The van der Waals surface area contributed by atoms with Crippen molar-refractivity contribution in [2.24, 2.45) is 0 Å². The number of anilines is 2. The summed E-state index contributed by atoms with van der Waals surface area (Å²) in [6.07, 6.45) is 4.28. The first-order valence-corrected chi connectivity index (χ1v) is 10.9. The van der Waals surface area contributed by atoms with Crippen LogP contribution in [0.25, 0.3) is 0 Å². The number of urea groups is 1. The fourth-order valence-corrected chi connectivity index (χ4v) is 4.29. The average Bonchev–Trinajstić information content (AvgIpc) is 2.95. The van der Waals surface area contributed by atoms with E-state index in [9.17, 15) is 17.6 Å². The van der Waals surface area contributed by atoms with Gasteiger partial charge in [0.25, 0.3) is 10.0 Å². The molecule has 0 saturated carbocycles. The molecule has 0 aromatic heterocycles. The van der Waals surface area contributed by atoms with Crippen LogP contribution >= 0.6 is 11.6 Å². The Hall–Kier alpha value is -2.32. The Labute approximate surface area is 168 Å². The van der Waals surface area contributed by atoms with Crippen molar-refractivity contribution in [2.75, 3.05) is 23.1 Å². The molecular formula is C19H21ClFN3O3S. The van der Waals surface area contributed by atoms with E-state index in [0.717, 1.165) is 57.0 Å². The second-order valence-electron chi connectivity index (χ2n) is 6.59. The number of rotatable bonds is 4.